The molecule has 0 saturated heterocycles. The van der Waals surface area contributed by atoms with Crippen molar-refractivity contribution >= 4 is 16.7 Å². The molecule has 0 radical (unpaired) electrons. The predicted molar refractivity (Wildman–Crippen MR) is 89.2 cm³/mol. The van der Waals surface area contributed by atoms with E-state index >= 15 is 0 Å². The summed E-state index contributed by atoms with van der Waals surface area (Å²) in [4.78, 5) is 24.3. The van der Waals surface area contributed by atoms with Crippen LogP contribution < -0.4 is 10.3 Å². The number of halogens is 1. The average Bonchev–Trinajstić information content (AvgIpc) is 2.63. The summed E-state index contributed by atoms with van der Waals surface area (Å²) in [5.41, 5.74) is -0.216. The van der Waals surface area contributed by atoms with E-state index in [4.69, 9.17) is 9.47 Å². The van der Waals surface area contributed by atoms with Crippen molar-refractivity contribution in [1.29, 1.82) is 0 Å². The first kappa shape index (κ1) is 16.6. The maximum Gasteiger partial charge on any atom is 0.359 e. The summed E-state index contributed by atoms with van der Waals surface area (Å²) in [7, 11) is 1.48. The third kappa shape index (κ3) is 3.65. The molecule has 0 atom stereocenters. The van der Waals surface area contributed by atoms with E-state index in [-0.39, 0.29) is 30.3 Å². The highest BCUT2D eigenvalue weighted by Crippen LogP contribution is 2.14. The van der Waals surface area contributed by atoms with Crippen molar-refractivity contribution in [3.05, 3.63) is 70.4 Å². The maximum absolute atomic E-state index is 12.8. The van der Waals surface area contributed by atoms with Gasteiger partial charge in [-0.1, -0.05) is 18.2 Å². The molecule has 0 unspecified atom stereocenters. The zero-order valence-electron chi connectivity index (χ0n) is 13.4. The van der Waals surface area contributed by atoms with E-state index in [1.165, 1.54) is 31.3 Å². The van der Waals surface area contributed by atoms with E-state index in [1.54, 1.807) is 24.3 Å². The monoisotopic (exact) mass is 342 g/mol. The average molecular weight is 342 g/mol. The molecule has 0 saturated carbocycles. The standard InChI is InChI=1S/C18H15FN2O4/c1-21-17(22)15-5-3-2-4-14(15)16(20-21)18(23)25-11-10-24-13-8-6-12(19)7-9-13/h2-9H,10-11H2,1H3. The van der Waals surface area contributed by atoms with Crippen molar-refractivity contribution in [3.63, 3.8) is 0 Å². The number of hydrogen-bond donors (Lipinski definition) is 0. The Bertz CT molecular complexity index is 967. The van der Waals surface area contributed by atoms with E-state index in [1.807, 2.05) is 0 Å². The van der Waals surface area contributed by atoms with Gasteiger partial charge in [-0.2, -0.15) is 5.10 Å². The van der Waals surface area contributed by atoms with Crippen LogP contribution in [0.15, 0.2) is 53.3 Å². The first-order valence-electron chi connectivity index (χ1n) is 7.58. The topological polar surface area (TPSA) is 70.4 Å². The molecule has 6 nitrogen and oxygen atoms in total. The van der Waals surface area contributed by atoms with Crippen molar-refractivity contribution in [3.8, 4) is 5.75 Å². The fraction of sp³-hybridized carbons (Fsp3) is 0.167. The van der Waals surface area contributed by atoms with E-state index < -0.39 is 5.97 Å². The summed E-state index contributed by atoms with van der Waals surface area (Å²) in [6.45, 7) is 0.107. The number of carbonyl (C=O) groups is 1. The number of fused-ring (bicyclic) bond motifs is 1. The lowest BCUT2D eigenvalue weighted by Crippen LogP contribution is -2.24. The Hall–Kier alpha value is -3.22. The minimum Gasteiger partial charge on any atom is -0.490 e. The number of aromatic nitrogens is 2. The Balaban J connectivity index is 1.67. The van der Waals surface area contributed by atoms with Gasteiger partial charge < -0.3 is 9.47 Å². The number of hydrogen-bond acceptors (Lipinski definition) is 5. The predicted octanol–water partition coefficient (Wildman–Crippen LogP) is 2.31. The van der Waals surface area contributed by atoms with Crippen molar-refractivity contribution in [1.82, 2.24) is 9.78 Å². The van der Waals surface area contributed by atoms with Crippen LogP contribution in [0.2, 0.25) is 0 Å². The molecule has 2 aromatic carbocycles. The highest BCUT2D eigenvalue weighted by atomic mass is 19.1. The summed E-state index contributed by atoms with van der Waals surface area (Å²) in [5, 5.41) is 4.83. The second-order valence-corrected chi connectivity index (χ2v) is 5.26. The Morgan fingerprint density at radius 1 is 1.08 bits per heavy atom. The molecule has 0 amide bonds. The Morgan fingerprint density at radius 3 is 2.48 bits per heavy atom. The molecule has 1 heterocycles. The summed E-state index contributed by atoms with van der Waals surface area (Å²) in [6, 6.07) is 12.2. The molecule has 0 spiro atoms. The molecule has 0 N–H and O–H groups in total. The highest BCUT2D eigenvalue weighted by Gasteiger charge is 2.16. The van der Waals surface area contributed by atoms with Gasteiger partial charge in [0.2, 0.25) is 0 Å². The van der Waals surface area contributed by atoms with Gasteiger partial charge in [-0.3, -0.25) is 4.79 Å². The van der Waals surface area contributed by atoms with Crippen LogP contribution in [0.4, 0.5) is 4.39 Å². The lowest BCUT2D eigenvalue weighted by atomic mass is 10.1. The minimum atomic E-state index is -0.644. The normalized spacial score (nSPS) is 10.6. The fourth-order valence-electron chi connectivity index (χ4n) is 2.34. The van der Waals surface area contributed by atoms with Gasteiger partial charge in [0.1, 0.15) is 24.8 Å². The maximum atomic E-state index is 12.8. The quantitative estimate of drug-likeness (QED) is 0.526. The van der Waals surface area contributed by atoms with Gasteiger partial charge in [-0.15, -0.1) is 0 Å². The van der Waals surface area contributed by atoms with Gasteiger partial charge >= 0.3 is 5.97 Å². The molecule has 0 fully saturated rings. The van der Waals surface area contributed by atoms with Crippen LogP contribution in [0, 0.1) is 5.82 Å². The number of aryl methyl sites for hydroxylation is 1. The highest BCUT2D eigenvalue weighted by molar-refractivity contribution is 6.02. The van der Waals surface area contributed by atoms with Gasteiger partial charge in [0.05, 0.1) is 5.39 Å². The number of benzene rings is 2. The molecule has 25 heavy (non-hydrogen) atoms. The summed E-state index contributed by atoms with van der Waals surface area (Å²) < 4.78 is 24.4. The van der Waals surface area contributed by atoms with Crippen LogP contribution in [-0.4, -0.2) is 29.0 Å². The van der Waals surface area contributed by atoms with Crippen molar-refractivity contribution in [2.24, 2.45) is 7.05 Å². The molecular weight excluding hydrogens is 327 g/mol. The molecule has 1 aromatic heterocycles. The smallest absolute Gasteiger partial charge is 0.359 e. The molecule has 128 valence electrons. The Labute approximate surface area is 142 Å². The van der Waals surface area contributed by atoms with E-state index in [0.717, 1.165) is 4.68 Å². The van der Waals surface area contributed by atoms with Crippen molar-refractivity contribution in [2.45, 2.75) is 0 Å². The third-order valence-corrected chi connectivity index (χ3v) is 3.55. The molecule has 0 aliphatic carbocycles. The van der Waals surface area contributed by atoms with E-state index in [0.29, 0.717) is 16.5 Å². The van der Waals surface area contributed by atoms with Crippen LogP contribution in [0.3, 0.4) is 0 Å². The number of ether oxygens (including phenoxy) is 2. The molecule has 0 aliphatic rings. The number of carbonyl (C=O) groups excluding carboxylic acids is 1. The van der Waals surface area contributed by atoms with Crippen LogP contribution in [0.5, 0.6) is 5.75 Å². The number of esters is 1. The molecule has 3 rings (SSSR count). The Morgan fingerprint density at radius 2 is 1.76 bits per heavy atom. The van der Waals surface area contributed by atoms with Gasteiger partial charge in [0.15, 0.2) is 5.69 Å². The molecular formula is C18H15FN2O4. The summed E-state index contributed by atoms with van der Waals surface area (Å²) in [6.07, 6.45) is 0. The Kier molecular flexibility index (Phi) is 4.74. The molecule has 0 bridgehead atoms. The van der Waals surface area contributed by atoms with Crippen LogP contribution in [0.1, 0.15) is 10.5 Å². The van der Waals surface area contributed by atoms with E-state index in [9.17, 15) is 14.0 Å². The van der Waals surface area contributed by atoms with Gasteiger partial charge in [0.25, 0.3) is 5.56 Å². The largest absolute Gasteiger partial charge is 0.490 e. The fourth-order valence-corrected chi connectivity index (χ4v) is 2.34. The lowest BCUT2D eigenvalue weighted by Gasteiger charge is -2.09. The molecule has 7 heteroatoms. The minimum absolute atomic E-state index is 0.00490. The zero-order chi connectivity index (χ0) is 17.8. The van der Waals surface area contributed by atoms with Crippen molar-refractivity contribution < 1.29 is 18.7 Å². The van der Waals surface area contributed by atoms with E-state index in [2.05, 4.69) is 5.10 Å². The second-order valence-electron chi connectivity index (χ2n) is 5.26. The lowest BCUT2D eigenvalue weighted by molar-refractivity contribution is 0.0443. The van der Waals surface area contributed by atoms with Gasteiger partial charge in [-0.25, -0.2) is 13.9 Å². The van der Waals surface area contributed by atoms with Gasteiger partial charge in [-0.05, 0) is 30.3 Å². The van der Waals surface area contributed by atoms with Gasteiger partial charge in [0, 0.05) is 12.4 Å². The summed E-state index contributed by atoms with van der Waals surface area (Å²) in [5.74, 6) is -0.524. The third-order valence-electron chi connectivity index (χ3n) is 3.55. The second kappa shape index (κ2) is 7.12. The SMILES string of the molecule is Cn1nc(C(=O)OCCOc2ccc(F)cc2)c2ccccc2c1=O. The number of nitrogens with zero attached hydrogens (tertiary/aromatic N) is 2. The number of rotatable bonds is 5. The van der Waals surface area contributed by atoms with Crippen LogP contribution >= 0.6 is 0 Å². The van der Waals surface area contributed by atoms with Crippen LogP contribution in [-0.2, 0) is 11.8 Å². The van der Waals surface area contributed by atoms with Crippen LogP contribution in [0.25, 0.3) is 10.8 Å². The first-order chi connectivity index (χ1) is 12.1. The summed E-state index contributed by atoms with van der Waals surface area (Å²) >= 11 is 0. The zero-order valence-corrected chi connectivity index (χ0v) is 13.4. The first-order valence-corrected chi connectivity index (χ1v) is 7.58. The molecule has 0 aliphatic heterocycles. The van der Waals surface area contributed by atoms with Crippen molar-refractivity contribution in [2.75, 3.05) is 13.2 Å². The molecule has 3 aromatic rings.